The minimum atomic E-state index is 0.0915. The summed E-state index contributed by atoms with van der Waals surface area (Å²) >= 11 is 0. The van der Waals surface area contributed by atoms with E-state index in [1.165, 1.54) is 19.3 Å². The van der Waals surface area contributed by atoms with Crippen LogP contribution in [0.3, 0.4) is 0 Å². The van der Waals surface area contributed by atoms with E-state index in [2.05, 4.69) is 4.98 Å². The van der Waals surface area contributed by atoms with Gasteiger partial charge in [-0.3, -0.25) is 4.79 Å². The molecule has 0 atom stereocenters. The number of hydrogen-bond acceptors (Lipinski definition) is 3. The number of fused-ring (bicyclic) bond motifs is 1. The molecule has 0 aliphatic heterocycles. The van der Waals surface area contributed by atoms with Gasteiger partial charge in [-0.1, -0.05) is 25.3 Å². The smallest absolute Gasteiger partial charge is 0.253 e. The lowest BCUT2D eigenvalue weighted by Crippen LogP contribution is -2.38. The Morgan fingerprint density at radius 3 is 2.67 bits per heavy atom. The summed E-state index contributed by atoms with van der Waals surface area (Å²) in [5, 5.41) is 0. The molecule has 0 unspecified atom stereocenters. The van der Waals surface area contributed by atoms with Gasteiger partial charge in [0.05, 0.1) is 5.69 Å². The fraction of sp³-hybridized carbons (Fsp3) is 0.364. The van der Waals surface area contributed by atoms with Crippen LogP contribution in [-0.4, -0.2) is 33.3 Å². The van der Waals surface area contributed by atoms with E-state index in [9.17, 15) is 4.79 Å². The normalized spacial score (nSPS) is 15.0. The second-order valence-corrected chi connectivity index (χ2v) is 7.22. The number of carbonyl (C=O) groups is 1. The number of amides is 1. The van der Waals surface area contributed by atoms with E-state index in [1.807, 2.05) is 71.2 Å². The molecule has 2 heterocycles. The third kappa shape index (κ3) is 3.97. The lowest BCUT2D eigenvalue weighted by atomic mass is 9.94. The molecule has 1 fully saturated rings. The maximum atomic E-state index is 12.7. The standard InChI is InChI=1S/C22H25N3O2/c1-24(19-7-3-2-4-8-19)22(26)17-10-12-20(13-11-17)27-16-18-15-25-14-6-5-9-21(25)23-18/h5-6,9-15,19H,2-4,7-8,16H2,1H3. The van der Waals surface area contributed by atoms with Crippen molar-refractivity contribution in [3.05, 3.63) is 66.1 Å². The van der Waals surface area contributed by atoms with Crippen LogP contribution in [-0.2, 0) is 6.61 Å². The first-order chi connectivity index (χ1) is 13.2. The average Bonchev–Trinajstić information content (AvgIpc) is 3.15. The zero-order valence-electron chi connectivity index (χ0n) is 15.7. The second-order valence-electron chi connectivity index (χ2n) is 7.22. The lowest BCUT2D eigenvalue weighted by molar-refractivity contribution is 0.0696. The van der Waals surface area contributed by atoms with Crippen molar-refractivity contribution in [3.63, 3.8) is 0 Å². The van der Waals surface area contributed by atoms with E-state index < -0.39 is 0 Å². The SMILES string of the molecule is CN(C(=O)c1ccc(OCc2cn3ccccc3n2)cc1)C1CCCCC1. The van der Waals surface area contributed by atoms with Gasteiger partial charge < -0.3 is 14.0 Å². The largest absolute Gasteiger partial charge is 0.487 e. The quantitative estimate of drug-likeness (QED) is 0.678. The fourth-order valence-corrected chi connectivity index (χ4v) is 3.75. The predicted octanol–water partition coefficient (Wildman–Crippen LogP) is 4.32. The number of benzene rings is 1. The van der Waals surface area contributed by atoms with Gasteiger partial charge in [0.15, 0.2) is 0 Å². The van der Waals surface area contributed by atoms with Gasteiger partial charge in [0.1, 0.15) is 18.0 Å². The minimum absolute atomic E-state index is 0.0915. The van der Waals surface area contributed by atoms with Gasteiger partial charge in [-0.05, 0) is 49.2 Å². The second kappa shape index (κ2) is 7.82. The van der Waals surface area contributed by atoms with Crippen LogP contribution in [0.4, 0.5) is 0 Å². The molecule has 27 heavy (non-hydrogen) atoms. The molecular weight excluding hydrogens is 338 g/mol. The third-order valence-corrected chi connectivity index (χ3v) is 5.34. The van der Waals surface area contributed by atoms with Crippen molar-refractivity contribution in [2.24, 2.45) is 0 Å². The van der Waals surface area contributed by atoms with Gasteiger partial charge >= 0.3 is 0 Å². The molecule has 5 heteroatoms. The summed E-state index contributed by atoms with van der Waals surface area (Å²) in [7, 11) is 1.92. The summed E-state index contributed by atoms with van der Waals surface area (Å²) in [4.78, 5) is 19.1. The average molecular weight is 363 g/mol. The number of pyridine rings is 1. The van der Waals surface area contributed by atoms with Gasteiger partial charge in [0, 0.05) is 31.0 Å². The van der Waals surface area contributed by atoms with Crippen LogP contribution in [0.1, 0.15) is 48.2 Å². The maximum absolute atomic E-state index is 12.7. The van der Waals surface area contributed by atoms with Gasteiger partial charge in [-0.2, -0.15) is 0 Å². The summed E-state index contributed by atoms with van der Waals surface area (Å²) in [5.41, 5.74) is 2.49. The Morgan fingerprint density at radius 2 is 1.93 bits per heavy atom. The number of imidazole rings is 1. The molecule has 1 amide bonds. The highest BCUT2D eigenvalue weighted by molar-refractivity contribution is 5.94. The first kappa shape index (κ1) is 17.6. The van der Waals surface area contributed by atoms with Crippen LogP contribution in [0.2, 0.25) is 0 Å². The highest BCUT2D eigenvalue weighted by atomic mass is 16.5. The maximum Gasteiger partial charge on any atom is 0.253 e. The van der Waals surface area contributed by atoms with Crippen molar-refractivity contribution in [2.75, 3.05) is 7.05 Å². The molecule has 1 aromatic carbocycles. The number of rotatable bonds is 5. The Hall–Kier alpha value is -2.82. The number of nitrogens with zero attached hydrogens (tertiary/aromatic N) is 3. The Labute approximate surface area is 159 Å². The Bertz CT molecular complexity index is 878. The summed E-state index contributed by atoms with van der Waals surface area (Å²) in [5.74, 6) is 0.831. The molecule has 0 spiro atoms. The van der Waals surface area contributed by atoms with Crippen molar-refractivity contribution < 1.29 is 9.53 Å². The Balaban J connectivity index is 1.37. The molecule has 1 saturated carbocycles. The highest BCUT2D eigenvalue weighted by Gasteiger charge is 2.22. The Kier molecular flexibility index (Phi) is 5.10. The van der Waals surface area contributed by atoms with Crippen LogP contribution >= 0.6 is 0 Å². The molecule has 5 nitrogen and oxygen atoms in total. The van der Waals surface area contributed by atoms with Crippen molar-refractivity contribution in [2.45, 2.75) is 44.8 Å². The Morgan fingerprint density at radius 1 is 1.15 bits per heavy atom. The van der Waals surface area contributed by atoms with Gasteiger partial charge in [-0.15, -0.1) is 0 Å². The predicted molar refractivity (Wildman–Crippen MR) is 105 cm³/mol. The van der Waals surface area contributed by atoms with E-state index in [0.29, 0.717) is 18.2 Å². The van der Waals surface area contributed by atoms with E-state index in [4.69, 9.17) is 4.74 Å². The third-order valence-electron chi connectivity index (χ3n) is 5.34. The topological polar surface area (TPSA) is 46.8 Å². The van der Waals surface area contributed by atoms with E-state index in [1.54, 1.807) is 0 Å². The summed E-state index contributed by atoms with van der Waals surface area (Å²) in [6.45, 7) is 0.400. The van der Waals surface area contributed by atoms with E-state index in [0.717, 1.165) is 29.9 Å². The molecule has 0 bridgehead atoms. The van der Waals surface area contributed by atoms with Gasteiger partial charge in [-0.25, -0.2) is 4.98 Å². The van der Waals surface area contributed by atoms with E-state index in [-0.39, 0.29) is 5.91 Å². The molecule has 0 saturated heterocycles. The molecule has 0 radical (unpaired) electrons. The molecule has 3 aromatic rings. The molecule has 2 aromatic heterocycles. The number of hydrogen-bond donors (Lipinski definition) is 0. The molecular formula is C22H25N3O2. The number of carbonyl (C=O) groups excluding carboxylic acids is 1. The zero-order chi connectivity index (χ0) is 18.6. The fourth-order valence-electron chi connectivity index (χ4n) is 3.75. The first-order valence-corrected chi connectivity index (χ1v) is 9.63. The van der Waals surface area contributed by atoms with Crippen molar-refractivity contribution in [3.8, 4) is 5.75 Å². The molecule has 1 aliphatic carbocycles. The highest BCUT2D eigenvalue weighted by Crippen LogP contribution is 2.23. The van der Waals surface area contributed by atoms with Crippen LogP contribution in [0.15, 0.2) is 54.9 Å². The van der Waals surface area contributed by atoms with E-state index >= 15 is 0 Å². The molecule has 4 rings (SSSR count). The first-order valence-electron chi connectivity index (χ1n) is 9.63. The number of ether oxygens (including phenoxy) is 1. The van der Waals surface area contributed by atoms with Crippen LogP contribution in [0.5, 0.6) is 5.75 Å². The van der Waals surface area contributed by atoms with Crippen LogP contribution in [0.25, 0.3) is 5.65 Å². The summed E-state index contributed by atoms with van der Waals surface area (Å²) < 4.78 is 7.81. The van der Waals surface area contributed by atoms with Crippen molar-refractivity contribution >= 4 is 11.6 Å². The summed E-state index contributed by atoms with van der Waals surface area (Å²) in [6.07, 6.45) is 9.89. The van der Waals surface area contributed by atoms with Gasteiger partial charge in [0.2, 0.25) is 0 Å². The number of aromatic nitrogens is 2. The molecule has 1 aliphatic rings. The molecule has 140 valence electrons. The van der Waals surface area contributed by atoms with Crippen LogP contribution < -0.4 is 4.74 Å². The lowest BCUT2D eigenvalue weighted by Gasteiger charge is -2.31. The molecule has 0 N–H and O–H groups in total. The van der Waals surface area contributed by atoms with Crippen molar-refractivity contribution in [1.29, 1.82) is 0 Å². The van der Waals surface area contributed by atoms with Gasteiger partial charge in [0.25, 0.3) is 5.91 Å². The minimum Gasteiger partial charge on any atom is -0.487 e. The monoisotopic (exact) mass is 363 g/mol. The van der Waals surface area contributed by atoms with Crippen LogP contribution in [0, 0.1) is 0 Å². The zero-order valence-corrected chi connectivity index (χ0v) is 15.7. The summed E-state index contributed by atoms with van der Waals surface area (Å²) in [6, 6.07) is 13.7. The van der Waals surface area contributed by atoms with Crippen molar-refractivity contribution in [1.82, 2.24) is 14.3 Å².